The van der Waals surface area contributed by atoms with Gasteiger partial charge in [-0.3, -0.25) is 14.9 Å². The number of methoxy groups -OCH3 is 1. The maximum absolute atomic E-state index is 12.8. The first-order chi connectivity index (χ1) is 11.4. The summed E-state index contributed by atoms with van der Waals surface area (Å²) < 4.78 is 23.2. The normalized spacial score (nSPS) is 11.5. The topological polar surface area (TPSA) is 90.7 Å². The lowest BCUT2D eigenvalue weighted by atomic mass is 10.2. The van der Waals surface area contributed by atoms with E-state index in [0.29, 0.717) is 11.4 Å². The Kier molecular flexibility index (Phi) is 5.31. The van der Waals surface area contributed by atoms with Crippen molar-refractivity contribution in [2.45, 2.75) is 13.0 Å². The van der Waals surface area contributed by atoms with E-state index in [1.165, 1.54) is 56.5 Å². The van der Waals surface area contributed by atoms with Gasteiger partial charge in [0.05, 0.1) is 18.1 Å². The number of anilines is 1. The van der Waals surface area contributed by atoms with Gasteiger partial charge < -0.3 is 14.8 Å². The Morgan fingerprint density at radius 1 is 1.25 bits per heavy atom. The summed E-state index contributed by atoms with van der Waals surface area (Å²) in [7, 11) is 1.39. The first-order valence-electron chi connectivity index (χ1n) is 6.96. The van der Waals surface area contributed by atoms with Gasteiger partial charge in [-0.05, 0) is 43.3 Å². The van der Waals surface area contributed by atoms with Gasteiger partial charge in [0.15, 0.2) is 11.9 Å². The first kappa shape index (κ1) is 17.2. The van der Waals surface area contributed by atoms with Crippen LogP contribution in [0.4, 0.5) is 15.8 Å². The quantitative estimate of drug-likeness (QED) is 0.647. The second-order valence-corrected chi connectivity index (χ2v) is 4.85. The number of rotatable bonds is 6. The number of hydrogen-bond donors (Lipinski definition) is 1. The highest BCUT2D eigenvalue weighted by atomic mass is 19.1. The van der Waals surface area contributed by atoms with Crippen molar-refractivity contribution in [1.29, 1.82) is 0 Å². The molecular weight excluding hydrogens is 319 g/mol. The minimum absolute atomic E-state index is 0.0532. The van der Waals surface area contributed by atoms with E-state index < -0.39 is 22.8 Å². The number of nitro benzene ring substituents is 1. The fourth-order valence-electron chi connectivity index (χ4n) is 1.89. The maximum Gasteiger partial charge on any atom is 0.314 e. The predicted octanol–water partition coefficient (Wildman–Crippen LogP) is 3.15. The van der Waals surface area contributed by atoms with Crippen molar-refractivity contribution in [3.05, 3.63) is 58.4 Å². The van der Waals surface area contributed by atoms with Crippen molar-refractivity contribution < 1.29 is 23.6 Å². The third kappa shape index (κ3) is 4.19. The summed E-state index contributed by atoms with van der Waals surface area (Å²) in [5, 5.41) is 13.6. The molecular formula is C16H15FN2O5. The summed E-state index contributed by atoms with van der Waals surface area (Å²) >= 11 is 0. The monoisotopic (exact) mass is 334 g/mol. The third-order valence-corrected chi connectivity index (χ3v) is 3.15. The standard InChI is InChI=1S/C16H15FN2O5/c1-10(16(20)18-12-5-3-11(17)4-6-12)24-15-8-7-13(23-2)9-14(15)19(21)22/h3-10H,1-2H3,(H,18,20)/t10-/m0/s1. The smallest absolute Gasteiger partial charge is 0.314 e. The van der Waals surface area contributed by atoms with Gasteiger partial charge in [0.2, 0.25) is 0 Å². The second kappa shape index (κ2) is 7.40. The number of benzene rings is 2. The van der Waals surface area contributed by atoms with Crippen molar-refractivity contribution in [2.75, 3.05) is 12.4 Å². The second-order valence-electron chi connectivity index (χ2n) is 4.85. The molecule has 1 atom stereocenters. The molecule has 0 bridgehead atoms. The Hall–Kier alpha value is -3.16. The Bertz CT molecular complexity index is 749. The van der Waals surface area contributed by atoms with E-state index in [-0.39, 0.29) is 11.4 Å². The van der Waals surface area contributed by atoms with Crippen LogP contribution in [0.2, 0.25) is 0 Å². The Morgan fingerprint density at radius 2 is 1.92 bits per heavy atom. The zero-order valence-electron chi connectivity index (χ0n) is 13.0. The van der Waals surface area contributed by atoms with Crippen LogP contribution in [0.1, 0.15) is 6.92 Å². The summed E-state index contributed by atoms with van der Waals surface area (Å²) in [6.07, 6.45) is -0.998. The number of halogens is 1. The van der Waals surface area contributed by atoms with E-state index in [2.05, 4.69) is 5.32 Å². The number of amides is 1. The largest absolute Gasteiger partial charge is 0.496 e. The van der Waals surface area contributed by atoms with Crippen LogP contribution in [0.3, 0.4) is 0 Å². The molecule has 0 aliphatic rings. The average Bonchev–Trinajstić information content (AvgIpc) is 2.57. The van der Waals surface area contributed by atoms with E-state index in [4.69, 9.17) is 9.47 Å². The molecule has 0 aromatic heterocycles. The number of hydrogen-bond acceptors (Lipinski definition) is 5. The Morgan fingerprint density at radius 3 is 2.50 bits per heavy atom. The summed E-state index contributed by atoms with van der Waals surface area (Å²) in [5.41, 5.74) is 0.0804. The zero-order chi connectivity index (χ0) is 17.7. The summed E-state index contributed by atoms with van der Waals surface area (Å²) in [5.74, 6) is -0.696. The Balaban J connectivity index is 2.10. The number of ether oxygens (including phenoxy) is 2. The molecule has 24 heavy (non-hydrogen) atoms. The van der Waals surface area contributed by atoms with Crippen LogP contribution >= 0.6 is 0 Å². The van der Waals surface area contributed by atoms with Crippen LogP contribution in [0.5, 0.6) is 11.5 Å². The molecule has 1 amide bonds. The fourth-order valence-corrected chi connectivity index (χ4v) is 1.89. The van der Waals surface area contributed by atoms with Gasteiger partial charge in [-0.1, -0.05) is 0 Å². The van der Waals surface area contributed by atoms with Gasteiger partial charge in [0, 0.05) is 5.69 Å². The van der Waals surface area contributed by atoms with Crippen LogP contribution in [0.15, 0.2) is 42.5 Å². The van der Waals surface area contributed by atoms with E-state index in [1.807, 2.05) is 0 Å². The summed E-state index contributed by atoms with van der Waals surface area (Å²) in [6, 6.07) is 9.27. The van der Waals surface area contributed by atoms with Gasteiger partial charge >= 0.3 is 5.69 Å². The molecule has 2 aromatic rings. The number of nitro groups is 1. The fraction of sp³-hybridized carbons (Fsp3) is 0.188. The van der Waals surface area contributed by atoms with E-state index in [0.717, 1.165) is 0 Å². The van der Waals surface area contributed by atoms with Crippen molar-refractivity contribution in [2.24, 2.45) is 0 Å². The molecule has 0 unspecified atom stereocenters. The van der Waals surface area contributed by atoms with Crippen molar-refractivity contribution in [1.82, 2.24) is 0 Å². The van der Waals surface area contributed by atoms with E-state index in [9.17, 15) is 19.3 Å². The average molecular weight is 334 g/mol. The molecule has 1 N–H and O–H groups in total. The molecule has 2 rings (SSSR count). The molecule has 0 radical (unpaired) electrons. The molecule has 0 saturated heterocycles. The Labute approximate surface area is 137 Å². The number of carbonyl (C=O) groups excluding carboxylic acids is 1. The highest BCUT2D eigenvalue weighted by Gasteiger charge is 2.22. The van der Waals surface area contributed by atoms with Crippen LogP contribution in [-0.4, -0.2) is 24.0 Å². The number of carbonyl (C=O) groups is 1. The summed E-state index contributed by atoms with van der Waals surface area (Å²) in [4.78, 5) is 22.6. The molecule has 0 saturated carbocycles. The van der Waals surface area contributed by atoms with Crippen molar-refractivity contribution >= 4 is 17.3 Å². The van der Waals surface area contributed by atoms with Crippen molar-refractivity contribution in [3.8, 4) is 11.5 Å². The van der Waals surface area contributed by atoms with E-state index >= 15 is 0 Å². The van der Waals surface area contributed by atoms with E-state index in [1.54, 1.807) is 0 Å². The molecule has 0 spiro atoms. The van der Waals surface area contributed by atoms with Crippen LogP contribution in [-0.2, 0) is 4.79 Å². The minimum Gasteiger partial charge on any atom is -0.496 e. The highest BCUT2D eigenvalue weighted by molar-refractivity contribution is 5.94. The lowest BCUT2D eigenvalue weighted by molar-refractivity contribution is -0.386. The minimum atomic E-state index is -0.998. The number of nitrogens with zero attached hydrogens (tertiary/aromatic N) is 1. The molecule has 126 valence electrons. The molecule has 7 nitrogen and oxygen atoms in total. The van der Waals surface area contributed by atoms with Gasteiger partial charge in [0.25, 0.3) is 5.91 Å². The lowest BCUT2D eigenvalue weighted by Crippen LogP contribution is -2.30. The van der Waals surface area contributed by atoms with Gasteiger partial charge in [-0.2, -0.15) is 0 Å². The molecule has 8 heteroatoms. The van der Waals surface area contributed by atoms with Crippen LogP contribution in [0.25, 0.3) is 0 Å². The predicted molar refractivity (Wildman–Crippen MR) is 84.8 cm³/mol. The molecule has 0 aliphatic heterocycles. The first-order valence-corrected chi connectivity index (χ1v) is 6.96. The molecule has 0 fully saturated rings. The maximum atomic E-state index is 12.8. The molecule has 2 aromatic carbocycles. The summed E-state index contributed by atoms with van der Waals surface area (Å²) in [6.45, 7) is 1.45. The van der Waals surface area contributed by atoms with Gasteiger partial charge in [-0.25, -0.2) is 4.39 Å². The third-order valence-electron chi connectivity index (χ3n) is 3.15. The lowest BCUT2D eigenvalue weighted by Gasteiger charge is -2.15. The molecule has 0 aliphatic carbocycles. The van der Waals surface area contributed by atoms with Gasteiger partial charge in [-0.15, -0.1) is 0 Å². The van der Waals surface area contributed by atoms with Crippen LogP contribution in [0, 0.1) is 15.9 Å². The SMILES string of the molecule is COc1ccc(O[C@@H](C)C(=O)Nc2ccc(F)cc2)c([N+](=O)[O-])c1. The zero-order valence-corrected chi connectivity index (χ0v) is 13.0. The highest BCUT2D eigenvalue weighted by Crippen LogP contribution is 2.31. The number of nitrogens with one attached hydrogen (secondary N) is 1. The molecule has 0 heterocycles. The van der Waals surface area contributed by atoms with Crippen LogP contribution < -0.4 is 14.8 Å². The van der Waals surface area contributed by atoms with Crippen molar-refractivity contribution in [3.63, 3.8) is 0 Å². The van der Waals surface area contributed by atoms with Gasteiger partial charge in [0.1, 0.15) is 11.6 Å².